The Morgan fingerprint density at radius 3 is 1.06 bits per heavy atom. The maximum absolute atomic E-state index is 2.42. The van der Waals surface area contributed by atoms with Crippen LogP contribution in [0.3, 0.4) is 0 Å². The van der Waals surface area contributed by atoms with E-state index in [1.165, 1.54) is 98.9 Å². The van der Waals surface area contributed by atoms with Gasteiger partial charge in [-0.25, -0.2) is 0 Å². The van der Waals surface area contributed by atoms with E-state index in [0.29, 0.717) is 0 Å². The molecule has 0 N–H and O–H groups in total. The summed E-state index contributed by atoms with van der Waals surface area (Å²) in [5.41, 5.74) is 12.4. The average molecular weight is 639 g/mol. The molecule has 8 aromatic carbocycles. The van der Waals surface area contributed by atoms with Gasteiger partial charge < -0.3 is 9.13 Å². The molecule has 0 saturated carbocycles. The monoisotopic (exact) mass is 638 g/mol. The second-order valence-corrected chi connectivity index (χ2v) is 13.4. The molecule has 0 aliphatic carbocycles. The molecule has 2 heteroatoms. The Bertz CT molecular complexity index is 2750. The first-order valence-electron chi connectivity index (χ1n) is 17.3. The van der Waals surface area contributed by atoms with Crippen molar-refractivity contribution in [3.63, 3.8) is 0 Å². The molecule has 10 aromatic rings. The Kier molecular flexibility index (Phi) is 6.34. The zero-order valence-electron chi connectivity index (χ0n) is 28.1. The Balaban J connectivity index is 1.35. The van der Waals surface area contributed by atoms with Crippen LogP contribution in [0.15, 0.2) is 170 Å². The van der Waals surface area contributed by atoms with E-state index >= 15 is 0 Å². The number of fused-ring (bicyclic) bond motifs is 5. The predicted octanol–water partition coefficient (Wildman–Crippen LogP) is 12.8. The highest BCUT2D eigenvalue weighted by Crippen LogP contribution is 2.49. The molecule has 2 aromatic heterocycles. The van der Waals surface area contributed by atoms with Crippen LogP contribution in [0.4, 0.5) is 0 Å². The number of hydrogen-bond donors (Lipinski definition) is 0. The van der Waals surface area contributed by atoms with Gasteiger partial charge in [-0.3, -0.25) is 0 Å². The molecule has 0 atom stereocenters. The summed E-state index contributed by atoms with van der Waals surface area (Å²) in [7, 11) is 4.37. The molecule has 2 heterocycles. The first kappa shape index (κ1) is 28.6. The lowest BCUT2D eigenvalue weighted by atomic mass is 9.82. The van der Waals surface area contributed by atoms with Crippen molar-refractivity contribution < 1.29 is 0 Å². The van der Waals surface area contributed by atoms with Crippen molar-refractivity contribution in [3.8, 4) is 44.8 Å². The molecule has 0 amide bonds. The number of benzene rings is 8. The maximum Gasteiger partial charge on any atom is 0.0494 e. The lowest BCUT2D eigenvalue weighted by Gasteiger charge is -2.22. The molecule has 2 nitrogen and oxygen atoms in total. The van der Waals surface area contributed by atoms with E-state index in [1.54, 1.807) is 0 Å². The van der Waals surface area contributed by atoms with Gasteiger partial charge in [-0.15, -0.1) is 0 Å². The topological polar surface area (TPSA) is 9.86 Å². The Morgan fingerprint density at radius 2 is 0.640 bits per heavy atom. The van der Waals surface area contributed by atoms with Crippen molar-refractivity contribution in [1.82, 2.24) is 9.13 Å². The van der Waals surface area contributed by atoms with E-state index in [0.717, 1.165) is 0 Å². The Morgan fingerprint density at radius 1 is 0.300 bits per heavy atom. The van der Waals surface area contributed by atoms with Crippen LogP contribution >= 0.6 is 0 Å². The fourth-order valence-electron chi connectivity index (χ4n) is 8.39. The molecule has 0 bridgehead atoms. The van der Waals surface area contributed by atoms with Crippen molar-refractivity contribution in [1.29, 1.82) is 0 Å². The van der Waals surface area contributed by atoms with Crippen LogP contribution in [0.5, 0.6) is 0 Å². The van der Waals surface area contributed by atoms with Crippen molar-refractivity contribution >= 4 is 54.1 Å². The highest BCUT2D eigenvalue weighted by atomic mass is 14.9. The molecule has 236 valence electrons. The molecule has 0 aliphatic rings. The summed E-state index contributed by atoms with van der Waals surface area (Å²) in [5, 5.41) is 10.0. The second kappa shape index (κ2) is 11.1. The largest absolute Gasteiger partial charge is 0.344 e. The third kappa shape index (κ3) is 4.22. The summed E-state index contributed by atoms with van der Waals surface area (Å²) in [4.78, 5) is 0. The van der Waals surface area contributed by atoms with E-state index in [9.17, 15) is 0 Å². The summed E-state index contributed by atoms with van der Waals surface area (Å²) >= 11 is 0. The Labute approximate surface area is 291 Å². The standard InChI is InChI=1S/C48H34N2/c1-49-43-25-13-5-17-33(43)29-45(49)35-19-7-9-21-37(35)47-39-23-11-12-24-40(39)48(42-28-32-16-4-3-15-31(32)27-41(42)47)38-22-10-8-20-36(38)46-30-34-18-6-14-26-44(34)50(46)2/h3-30H,1-2H3. The van der Waals surface area contributed by atoms with Gasteiger partial charge in [0.2, 0.25) is 0 Å². The minimum absolute atomic E-state index is 1.21. The number of hydrogen-bond acceptors (Lipinski definition) is 0. The van der Waals surface area contributed by atoms with Gasteiger partial charge in [-0.05, 0) is 91.0 Å². The zero-order valence-corrected chi connectivity index (χ0v) is 28.1. The van der Waals surface area contributed by atoms with Crippen molar-refractivity contribution in [2.24, 2.45) is 14.1 Å². The molecule has 50 heavy (non-hydrogen) atoms. The van der Waals surface area contributed by atoms with Crippen LogP contribution in [0.25, 0.3) is 98.9 Å². The van der Waals surface area contributed by atoms with Crippen LogP contribution in [-0.2, 0) is 14.1 Å². The van der Waals surface area contributed by atoms with Gasteiger partial charge in [0.25, 0.3) is 0 Å². The van der Waals surface area contributed by atoms with Crippen LogP contribution in [-0.4, -0.2) is 9.13 Å². The van der Waals surface area contributed by atoms with E-state index in [4.69, 9.17) is 0 Å². The molecule has 0 fully saturated rings. The average Bonchev–Trinajstić information content (AvgIpc) is 3.69. The normalized spacial score (nSPS) is 11.8. The zero-order chi connectivity index (χ0) is 33.3. The summed E-state index contributed by atoms with van der Waals surface area (Å²) in [6, 6.07) is 62.6. The summed E-state index contributed by atoms with van der Waals surface area (Å²) in [6.45, 7) is 0. The molecular weight excluding hydrogens is 605 g/mol. The minimum atomic E-state index is 1.21. The number of para-hydroxylation sites is 2. The number of rotatable bonds is 4. The third-order valence-corrected chi connectivity index (χ3v) is 10.7. The van der Waals surface area contributed by atoms with E-state index in [-0.39, 0.29) is 0 Å². The lowest BCUT2D eigenvalue weighted by molar-refractivity contribution is 0.979. The SMILES string of the molecule is Cn1c(-c2ccccc2-c2c3ccccc3c(-c3ccccc3-c3cc4ccccc4n3C)c3cc4ccccc4cc23)cc2ccccc21. The first-order chi connectivity index (χ1) is 24.7. The van der Waals surface area contributed by atoms with Crippen LogP contribution in [0.2, 0.25) is 0 Å². The number of nitrogens with zero attached hydrogens (tertiary/aromatic N) is 2. The summed E-state index contributed by atoms with van der Waals surface area (Å²) in [5.74, 6) is 0. The molecule has 0 saturated heterocycles. The summed E-state index contributed by atoms with van der Waals surface area (Å²) in [6.07, 6.45) is 0. The molecule has 10 rings (SSSR count). The Hall–Kier alpha value is -6.38. The van der Waals surface area contributed by atoms with Gasteiger partial charge in [-0.2, -0.15) is 0 Å². The lowest BCUT2D eigenvalue weighted by Crippen LogP contribution is -1.97. The van der Waals surface area contributed by atoms with Crippen LogP contribution < -0.4 is 0 Å². The van der Waals surface area contributed by atoms with Gasteiger partial charge >= 0.3 is 0 Å². The fourth-order valence-corrected chi connectivity index (χ4v) is 8.39. The molecule has 0 spiro atoms. The van der Waals surface area contributed by atoms with Crippen molar-refractivity contribution in [2.45, 2.75) is 0 Å². The van der Waals surface area contributed by atoms with Crippen molar-refractivity contribution in [2.75, 3.05) is 0 Å². The first-order valence-corrected chi connectivity index (χ1v) is 17.3. The van der Waals surface area contributed by atoms with E-state index in [1.807, 2.05) is 0 Å². The maximum atomic E-state index is 2.42. The quantitative estimate of drug-likeness (QED) is 0.170. The van der Waals surface area contributed by atoms with Gasteiger partial charge in [0.05, 0.1) is 0 Å². The smallest absolute Gasteiger partial charge is 0.0494 e. The highest BCUT2D eigenvalue weighted by molar-refractivity contribution is 6.25. The molecular formula is C48H34N2. The van der Waals surface area contributed by atoms with Crippen molar-refractivity contribution in [3.05, 3.63) is 170 Å². The molecule has 0 radical (unpaired) electrons. The third-order valence-electron chi connectivity index (χ3n) is 10.7. The highest BCUT2D eigenvalue weighted by Gasteiger charge is 2.23. The van der Waals surface area contributed by atoms with E-state index < -0.39 is 0 Å². The van der Waals surface area contributed by atoms with Crippen LogP contribution in [0, 0.1) is 0 Å². The predicted molar refractivity (Wildman–Crippen MR) is 214 cm³/mol. The minimum Gasteiger partial charge on any atom is -0.344 e. The summed E-state index contributed by atoms with van der Waals surface area (Å²) < 4.78 is 4.67. The number of aromatic nitrogens is 2. The van der Waals surface area contributed by atoms with Crippen LogP contribution in [0.1, 0.15) is 0 Å². The van der Waals surface area contributed by atoms with Gasteiger partial charge in [0.15, 0.2) is 0 Å². The van der Waals surface area contributed by atoms with Gasteiger partial charge in [0, 0.05) is 58.4 Å². The molecule has 0 unspecified atom stereocenters. The second-order valence-electron chi connectivity index (χ2n) is 13.4. The molecule has 0 aliphatic heterocycles. The van der Waals surface area contributed by atoms with E-state index in [2.05, 4.69) is 193 Å². The van der Waals surface area contributed by atoms with Gasteiger partial charge in [-0.1, -0.05) is 133 Å². The number of aryl methyl sites for hydroxylation is 2. The fraction of sp³-hybridized carbons (Fsp3) is 0.0417. The van der Waals surface area contributed by atoms with Gasteiger partial charge in [0.1, 0.15) is 0 Å².